The molecule has 0 radical (unpaired) electrons. The standard InChI is InChI=1S/C13H24N2O3S/c16-13(14-12-6-9-19(17,18)11-12)10-15-7-4-2-1-3-5-8-15/h12H,1-11H2,(H,14,16)/t12-/m1/s1. The van der Waals surface area contributed by atoms with E-state index in [1.54, 1.807) is 0 Å². The van der Waals surface area contributed by atoms with Crippen molar-refractivity contribution >= 4 is 15.7 Å². The minimum absolute atomic E-state index is 0.0253. The summed E-state index contributed by atoms with van der Waals surface area (Å²) in [5, 5.41) is 2.86. The average molecular weight is 288 g/mol. The summed E-state index contributed by atoms with van der Waals surface area (Å²) >= 11 is 0. The number of amides is 1. The second-order valence-corrected chi connectivity index (χ2v) is 7.94. The number of nitrogens with zero attached hydrogens (tertiary/aromatic N) is 1. The maximum atomic E-state index is 11.9. The molecule has 1 amide bonds. The molecule has 0 aromatic heterocycles. The monoisotopic (exact) mass is 288 g/mol. The van der Waals surface area contributed by atoms with Gasteiger partial charge in [-0.25, -0.2) is 8.42 Å². The van der Waals surface area contributed by atoms with E-state index in [1.807, 2.05) is 0 Å². The third-order valence-corrected chi connectivity index (χ3v) is 5.68. The van der Waals surface area contributed by atoms with Gasteiger partial charge in [-0.2, -0.15) is 0 Å². The van der Waals surface area contributed by atoms with E-state index in [1.165, 1.54) is 19.3 Å². The van der Waals surface area contributed by atoms with Crippen molar-refractivity contribution in [2.75, 3.05) is 31.1 Å². The highest BCUT2D eigenvalue weighted by molar-refractivity contribution is 7.91. The molecule has 2 aliphatic heterocycles. The van der Waals surface area contributed by atoms with E-state index in [4.69, 9.17) is 0 Å². The number of carbonyl (C=O) groups excluding carboxylic acids is 1. The van der Waals surface area contributed by atoms with Gasteiger partial charge in [0.25, 0.3) is 0 Å². The highest BCUT2D eigenvalue weighted by Gasteiger charge is 2.29. The molecule has 2 rings (SSSR count). The van der Waals surface area contributed by atoms with Crippen LogP contribution in [0.25, 0.3) is 0 Å². The predicted octanol–water partition coefficient (Wildman–Crippen LogP) is 0.556. The Labute approximate surface area is 115 Å². The summed E-state index contributed by atoms with van der Waals surface area (Å²) in [7, 11) is -2.91. The first-order chi connectivity index (χ1) is 9.05. The molecule has 110 valence electrons. The lowest BCUT2D eigenvalue weighted by atomic mass is 10.1. The first-order valence-electron chi connectivity index (χ1n) is 7.27. The van der Waals surface area contributed by atoms with E-state index in [0.717, 1.165) is 25.9 Å². The van der Waals surface area contributed by atoms with Gasteiger partial charge >= 0.3 is 0 Å². The molecule has 0 aliphatic carbocycles. The smallest absolute Gasteiger partial charge is 0.234 e. The van der Waals surface area contributed by atoms with Gasteiger partial charge in [0.05, 0.1) is 18.1 Å². The summed E-state index contributed by atoms with van der Waals surface area (Å²) in [6.07, 6.45) is 6.68. The Morgan fingerprint density at radius 1 is 1.11 bits per heavy atom. The van der Waals surface area contributed by atoms with Crippen molar-refractivity contribution in [2.24, 2.45) is 0 Å². The van der Waals surface area contributed by atoms with Crippen LogP contribution in [-0.2, 0) is 14.6 Å². The van der Waals surface area contributed by atoms with E-state index in [9.17, 15) is 13.2 Å². The predicted molar refractivity (Wildman–Crippen MR) is 74.7 cm³/mol. The lowest BCUT2D eigenvalue weighted by molar-refractivity contribution is -0.122. The zero-order valence-electron chi connectivity index (χ0n) is 11.4. The van der Waals surface area contributed by atoms with Crippen LogP contribution < -0.4 is 5.32 Å². The number of hydrogen-bond donors (Lipinski definition) is 1. The molecule has 2 heterocycles. The summed E-state index contributed by atoms with van der Waals surface area (Å²) in [6, 6.07) is -0.174. The first-order valence-corrected chi connectivity index (χ1v) is 9.09. The number of hydrogen-bond acceptors (Lipinski definition) is 4. The Morgan fingerprint density at radius 2 is 1.74 bits per heavy atom. The SMILES string of the molecule is O=C(CN1CCCCCCC1)N[C@@H]1CCS(=O)(=O)C1. The fourth-order valence-corrected chi connectivity index (χ4v) is 4.53. The average Bonchev–Trinajstić information content (AvgIpc) is 2.61. The number of rotatable bonds is 3. The molecule has 19 heavy (non-hydrogen) atoms. The van der Waals surface area contributed by atoms with Crippen LogP contribution in [0, 0.1) is 0 Å². The van der Waals surface area contributed by atoms with E-state index in [-0.39, 0.29) is 23.5 Å². The van der Waals surface area contributed by atoms with E-state index < -0.39 is 9.84 Å². The van der Waals surface area contributed by atoms with Crippen molar-refractivity contribution in [1.29, 1.82) is 0 Å². The van der Waals surface area contributed by atoms with Crippen LogP contribution in [-0.4, -0.2) is 56.4 Å². The molecule has 0 saturated carbocycles. The lowest BCUT2D eigenvalue weighted by Gasteiger charge is -2.24. The highest BCUT2D eigenvalue weighted by atomic mass is 32.2. The largest absolute Gasteiger partial charge is 0.351 e. The normalized spacial score (nSPS) is 28.5. The Morgan fingerprint density at radius 3 is 2.32 bits per heavy atom. The van der Waals surface area contributed by atoms with Crippen LogP contribution in [0.2, 0.25) is 0 Å². The number of likely N-dealkylation sites (tertiary alicyclic amines) is 1. The maximum absolute atomic E-state index is 11.9. The molecular weight excluding hydrogens is 264 g/mol. The highest BCUT2D eigenvalue weighted by Crippen LogP contribution is 2.12. The zero-order chi connectivity index (χ0) is 13.7. The molecule has 6 heteroatoms. The van der Waals surface area contributed by atoms with Gasteiger partial charge in [0.2, 0.25) is 5.91 Å². The zero-order valence-corrected chi connectivity index (χ0v) is 12.3. The third kappa shape index (κ3) is 5.10. The third-order valence-electron chi connectivity index (χ3n) is 3.91. The molecule has 2 saturated heterocycles. The second kappa shape index (κ2) is 6.70. The quantitative estimate of drug-likeness (QED) is 0.824. The molecule has 1 atom stereocenters. The lowest BCUT2D eigenvalue weighted by Crippen LogP contribution is -2.43. The fraction of sp³-hybridized carbons (Fsp3) is 0.923. The van der Waals surface area contributed by atoms with Crippen LogP contribution in [0.5, 0.6) is 0 Å². The second-order valence-electron chi connectivity index (χ2n) is 5.71. The topological polar surface area (TPSA) is 66.5 Å². The van der Waals surface area contributed by atoms with Gasteiger partial charge in [-0.15, -0.1) is 0 Å². The van der Waals surface area contributed by atoms with Gasteiger partial charge < -0.3 is 5.32 Å². The first kappa shape index (κ1) is 14.8. The molecule has 1 N–H and O–H groups in total. The molecule has 0 aromatic rings. The van der Waals surface area contributed by atoms with Crippen molar-refractivity contribution in [3.05, 3.63) is 0 Å². The molecule has 5 nitrogen and oxygen atoms in total. The van der Waals surface area contributed by atoms with Gasteiger partial charge in [-0.3, -0.25) is 9.69 Å². The minimum Gasteiger partial charge on any atom is -0.351 e. The van der Waals surface area contributed by atoms with Crippen LogP contribution in [0.15, 0.2) is 0 Å². The summed E-state index contributed by atoms with van der Waals surface area (Å²) in [5.74, 6) is 0.295. The Kier molecular flexibility index (Phi) is 5.21. The fourth-order valence-electron chi connectivity index (χ4n) is 2.86. The number of sulfone groups is 1. The molecule has 0 bridgehead atoms. The molecule has 2 fully saturated rings. The van der Waals surface area contributed by atoms with Crippen LogP contribution >= 0.6 is 0 Å². The van der Waals surface area contributed by atoms with Gasteiger partial charge in [0.15, 0.2) is 9.84 Å². The Hall–Kier alpha value is -0.620. The van der Waals surface area contributed by atoms with Crippen molar-refractivity contribution in [1.82, 2.24) is 10.2 Å². The molecule has 0 unspecified atom stereocenters. The summed E-state index contributed by atoms with van der Waals surface area (Å²) < 4.78 is 22.7. The Bertz CT molecular complexity index is 400. The van der Waals surface area contributed by atoms with Crippen molar-refractivity contribution < 1.29 is 13.2 Å². The van der Waals surface area contributed by atoms with Gasteiger partial charge in [0, 0.05) is 6.04 Å². The van der Waals surface area contributed by atoms with E-state index in [2.05, 4.69) is 10.2 Å². The molecular formula is C13H24N2O3S. The van der Waals surface area contributed by atoms with E-state index >= 15 is 0 Å². The van der Waals surface area contributed by atoms with E-state index in [0.29, 0.717) is 13.0 Å². The van der Waals surface area contributed by atoms with Crippen molar-refractivity contribution in [2.45, 2.75) is 44.6 Å². The van der Waals surface area contributed by atoms with Crippen molar-refractivity contribution in [3.63, 3.8) is 0 Å². The number of nitrogens with one attached hydrogen (secondary N) is 1. The molecule has 0 spiro atoms. The molecule has 0 aromatic carbocycles. The van der Waals surface area contributed by atoms with Crippen molar-refractivity contribution in [3.8, 4) is 0 Å². The summed E-state index contributed by atoms with van der Waals surface area (Å²) in [4.78, 5) is 14.1. The van der Waals surface area contributed by atoms with Crippen LogP contribution in [0.1, 0.15) is 38.5 Å². The van der Waals surface area contributed by atoms with Crippen LogP contribution in [0.3, 0.4) is 0 Å². The van der Waals surface area contributed by atoms with Crippen LogP contribution in [0.4, 0.5) is 0 Å². The van der Waals surface area contributed by atoms with Gasteiger partial charge in [0.1, 0.15) is 0 Å². The van der Waals surface area contributed by atoms with Gasteiger partial charge in [-0.1, -0.05) is 19.3 Å². The maximum Gasteiger partial charge on any atom is 0.234 e. The Balaban J connectivity index is 1.74. The molecule has 2 aliphatic rings. The number of carbonyl (C=O) groups is 1. The summed E-state index contributed by atoms with van der Waals surface area (Å²) in [6.45, 7) is 2.38. The minimum atomic E-state index is -2.91. The summed E-state index contributed by atoms with van der Waals surface area (Å²) in [5.41, 5.74) is 0. The van der Waals surface area contributed by atoms with Gasteiger partial charge in [-0.05, 0) is 32.4 Å².